The van der Waals surface area contributed by atoms with Crippen molar-refractivity contribution in [2.75, 3.05) is 7.11 Å². The first-order chi connectivity index (χ1) is 7.99. The number of halogens is 3. The number of alkyl halides is 2. The minimum Gasteiger partial charge on any atom is -0.469 e. The number of nitrogens with zero attached hydrogens (tertiary/aromatic N) is 2. The molecular formula is C10H7BrF2N2O2. The van der Waals surface area contributed by atoms with E-state index in [0.29, 0.717) is 0 Å². The second-order valence-corrected chi connectivity index (χ2v) is 3.78. The molecule has 0 fully saturated rings. The molecule has 0 atom stereocenters. The van der Waals surface area contributed by atoms with Crippen molar-refractivity contribution in [1.82, 2.24) is 4.98 Å². The maximum Gasteiger partial charge on any atom is 0.311 e. The summed E-state index contributed by atoms with van der Waals surface area (Å²) < 4.78 is 29.4. The highest BCUT2D eigenvalue weighted by Crippen LogP contribution is 2.27. The minimum absolute atomic E-state index is 0.0612. The van der Waals surface area contributed by atoms with E-state index in [9.17, 15) is 13.6 Å². The number of nitriles is 1. The van der Waals surface area contributed by atoms with Crippen molar-refractivity contribution in [3.8, 4) is 6.07 Å². The van der Waals surface area contributed by atoms with E-state index in [0.717, 1.165) is 6.07 Å². The first-order valence-corrected chi connectivity index (χ1v) is 5.23. The van der Waals surface area contributed by atoms with E-state index in [1.807, 2.05) is 0 Å². The third-order valence-corrected chi connectivity index (χ3v) is 2.61. The Kier molecular flexibility index (Phi) is 4.52. The molecule has 0 spiro atoms. The number of hydrogen-bond acceptors (Lipinski definition) is 4. The van der Waals surface area contributed by atoms with Gasteiger partial charge in [-0.1, -0.05) is 0 Å². The van der Waals surface area contributed by atoms with Crippen LogP contribution in [0.3, 0.4) is 0 Å². The smallest absolute Gasteiger partial charge is 0.311 e. The largest absolute Gasteiger partial charge is 0.469 e. The van der Waals surface area contributed by atoms with E-state index < -0.39 is 12.4 Å². The minimum atomic E-state index is -2.74. The van der Waals surface area contributed by atoms with Gasteiger partial charge in [0, 0.05) is 0 Å². The topological polar surface area (TPSA) is 63.0 Å². The highest BCUT2D eigenvalue weighted by atomic mass is 79.9. The van der Waals surface area contributed by atoms with E-state index in [2.05, 4.69) is 25.7 Å². The first-order valence-electron chi connectivity index (χ1n) is 4.44. The highest BCUT2D eigenvalue weighted by molar-refractivity contribution is 9.10. The van der Waals surface area contributed by atoms with Crippen LogP contribution < -0.4 is 0 Å². The van der Waals surface area contributed by atoms with Crippen LogP contribution in [0.15, 0.2) is 10.7 Å². The van der Waals surface area contributed by atoms with Crippen LogP contribution in [0.1, 0.15) is 23.2 Å². The molecule has 0 aromatic carbocycles. The molecule has 1 rings (SSSR count). The Morgan fingerprint density at radius 2 is 2.35 bits per heavy atom. The summed E-state index contributed by atoms with van der Waals surface area (Å²) in [6.45, 7) is 0. The number of carbonyl (C=O) groups excluding carboxylic acids is 1. The number of ether oxygens (including phenoxy) is 1. The van der Waals surface area contributed by atoms with Gasteiger partial charge < -0.3 is 4.74 Å². The van der Waals surface area contributed by atoms with Gasteiger partial charge in [-0.3, -0.25) is 4.79 Å². The van der Waals surface area contributed by atoms with Crippen LogP contribution in [0.25, 0.3) is 0 Å². The third kappa shape index (κ3) is 3.20. The molecule has 0 saturated heterocycles. The molecule has 90 valence electrons. The van der Waals surface area contributed by atoms with E-state index in [-0.39, 0.29) is 27.8 Å². The molecule has 0 aliphatic carbocycles. The average Bonchev–Trinajstić information content (AvgIpc) is 2.28. The Morgan fingerprint density at radius 1 is 1.71 bits per heavy atom. The fraction of sp³-hybridized carbons (Fsp3) is 0.300. The Balaban J connectivity index is 3.20. The van der Waals surface area contributed by atoms with Crippen LogP contribution in [0.2, 0.25) is 0 Å². The van der Waals surface area contributed by atoms with Crippen LogP contribution in [0, 0.1) is 11.3 Å². The van der Waals surface area contributed by atoms with Crippen molar-refractivity contribution < 1.29 is 18.3 Å². The van der Waals surface area contributed by atoms with Crippen molar-refractivity contribution in [1.29, 1.82) is 5.26 Å². The fourth-order valence-electron chi connectivity index (χ4n) is 1.14. The van der Waals surface area contributed by atoms with Gasteiger partial charge in [0.2, 0.25) is 0 Å². The predicted octanol–water partition coefficient (Wildman–Crippen LogP) is 2.37. The van der Waals surface area contributed by atoms with Crippen LogP contribution in [-0.2, 0) is 16.0 Å². The van der Waals surface area contributed by atoms with E-state index in [1.54, 1.807) is 6.07 Å². The maximum atomic E-state index is 12.5. The van der Waals surface area contributed by atoms with Gasteiger partial charge in [0.1, 0.15) is 10.7 Å². The molecule has 7 heteroatoms. The van der Waals surface area contributed by atoms with Gasteiger partial charge >= 0.3 is 5.97 Å². The lowest BCUT2D eigenvalue weighted by Gasteiger charge is -2.07. The van der Waals surface area contributed by atoms with Crippen molar-refractivity contribution >= 4 is 21.9 Å². The number of hydrogen-bond donors (Lipinski definition) is 0. The number of carbonyl (C=O) groups is 1. The monoisotopic (exact) mass is 304 g/mol. The Morgan fingerprint density at radius 3 is 2.82 bits per heavy atom. The van der Waals surface area contributed by atoms with Crippen LogP contribution in [-0.4, -0.2) is 18.1 Å². The van der Waals surface area contributed by atoms with Crippen molar-refractivity contribution in [2.24, 2.45) is 0 Å². The highest BCUT2D eigenvalue weighted by Gasteiger charge is 2.18. The molecule has 4 nitrogen and oxygen atoms in total. The second kappa shape index (κ2) is 5.68. The molecule has 1 aromatic rings. The van der Waals surface area contributed by atoms with Gasteiger partial charge in [0.15, 0.2) is 0 Å². The summed E-state index contributed by atoms with van der Waals surface area (Å²) in [6, 6.07) is 2.74. The third-order valence-electron chi connectivity index (χ3n) is 1.98. The Hall–Kier alpha value is -1.55. The molecule has 0 unspecified atom stereocenters. The zero-order valence-electron chi connectivity index (χ0n) is 8.71. The number of rotatable bonds is 3. The van der Waals surface area contributed by atoms with Gasteiger partial charge in [-0.05, 0) is 22.0 Å². The molecule has 17 heavy (non-hydrogen) atoms. The lowest BCUT2D eigenvalue weighted by molar-refractivity contribution is -0.139. The lowest BCUT2D eigenvalue weighted by Crippen LogP contribution is -2.09. The molecule has 0 aliphatic heterocycles. The Labute approximate surface area is 104 Å². The number of esters is 1. The molecule has 0 bridgehead atoms. The number of pyridine rings is 1. The summed E-state index contributed by atoms with van der Waals surface area (Å²) in [5, 5.41) is 8.80. The fourth-order valence-corrected chi connectivity index (χ4v) is 1.64. The summed E-state index contributed by atoms with van der Waals surface area (Å²) in [6.07, 6.45) is -2.97. The molecule has 0 amide bonds. The zero-order valence-corrected chi connectivity index (χ0v) is 10.3. The predicted molar refractivity (Wildman–Crippen MR) is 57.3 cm³/mol. The molecular weight excluding hydrogens is 298 g/mol. The van der Waals surface area contributed by atoms with E-state index in [4.69, 9.17) is 5.26 Å². The molecule has 0 aliphatic rings. The Bertz CT molecular complexity index is 486. The number of aromatic nitrogens is 1. The maximum absolute atomic E-state index is 12.5. The van der Waals surface area contributed by atoms with Gasteiger partial charge in [-0.2, -0.15) is 5.26 Å². The van der Waals surface area contributed by atoms with Gasteiger partial charge in [-0.15, -0.1) is 0 Å². The van der Waals surface area contributed by atoms with Crippen LogP contribution in [0.5, 0.6) is 0 Å². The molecule has 1 heterocycles. The molecule has 0 saturated carbocycles. The second-order valence-electron chi connectivity index (χ2n) is 3.03. The zero-order chi connectivity index (χ0) is 13.0. The van der Waals surface area contributed by atoms with Crippen molar-refractivity contribution in [2.45, 2.75) is 12.8 Å². The summed E-state index contributed by atoms with van der Waals surface area (Å²) >= 11 is 2.87. The summed E-state index contributed by atoms with van der Waals surface area (Å²) in [7, 11) is 1.19. The van der Waals surface area contributed by atoms with E-state index >= 15 is 0 Å². The van der Waals surface area contributed by atoms with Crippen LogP contribution in [0.4, 0.5) is 8.78 Å². The molecule has 1 aromatic heterocycles. The van der Waals surface area contributed by atoms with Gasteiger partial charge in [0.05, 0.1) is 30.4 Å². The van der Waals surface area contributed by atoms with Gasteiger partial charge in [0.25, 0.3) is 6.43 Å². The quantitative estimate of drug-likeness (QED) is 0.635. The van der Waals surface area contributed by atoms with Crippen LogP contribution >= 0.6 is 15.9 Å². The van der Waals surface area contributed by atoms with Crippen molar-refractivity contribution in [3.05, 3.63) is 27.5 Å². The summed E-state index contributed by atoms with van der Waals surface area (Å²) in [4.78, 5) is 14.8. The van der Waals surface area contributed by atoms with E-state index in [1.165, 1.54) is 7.11 Å². The average molecular weight is 305 g/mol. The number of methoxy groups -OCH3 is 1. The van der Waals surface area contributed by atoms with Crippen molar-refractivity contribution in [3.63, 3.8) is 0 Å². The first kappa shape index (κ1) is 13.5. The standard InChI is InChI=1S/C10H7BrF2N2O2/c1-17-8(16)3-7-5(4-14)2-6(10(12)13)9(11)15-7/h2,10H,3H2,1H3. The van der Waals surface area contributed by atoms with Gasteiger partial charge in [-0.25, -0.2) is 13.8 Å². The lowest BCUT2D eigenvalue weighted by atomic mass is 10.1. The SMILES string of the molecule is COC(=O)Cc1nc(Br)c(C(F)F)cc1C#N. The summed E-state index contributed by atoms with van der Waals surface area (Å²) in [5.74, 6) is -0.592. The molecule has 0 radical (unpaired) electrons. The molecule has 0 N–H and O–H groups in total. The summed E-state index contributed by atoms with van der Waals surface area (Å²) in [5.41, 5.74) is -0.334. The normalized spacial score (nSPS) is 10.1.